The molecule has 0 atom stereocenters. The largest absolute Gasteiger partial charge is 0.497 e. The Labute approximate surface area is 172 Å². The van der Waals surface area contributed by atoms with E-state index in [9.17, 15) is 0 Å². The topological polar surface area (TPSA) is 54.9 Å². The SMILES string of the molecule is CCNC(=NCC1(c2ccc(OC)cc2)CCOCC1)NCCc1cccs1. The van der Waals surface area contributed by atoms with Crippen LogP contribution in [0.2, 0.25) is 0 Å². The van der Waals surface area contributed by atoms with Gasteiger partial charge in [0.15, 0.2) is 5.96 Å². The van der Waals surface area contributed by atoms with Crippen LogP contribution in [0, 0.1) is 0 Å². The number of ether oxygens (including phenoxy) is 2. The Hall–Kier alpha value is -2.05. The number of methoxy groups -OCH3 is 1. The first kappa shape index (κ1) is 20.7. The molecule has 152 valence electrons. The van der Waals surface area contributed by atoms with Crippen molar-refractivity contribution in [2.24, 2.45) is 4.99 Å². The second kappa shape index (κ2) is 10.5. The maximum absolute atomic E-state index is 5.65. The van der Waals surface area contributed by atoms with Gasteiger partial charge in [-0.05, 0) is 55.3 Å². The summed E-state index contributed by atoms with van der Waals surface area (Å²) < 4.78 is 11.0. The minimum atomic E-state index is 0.0145. The predicted octanol–water partition coefficient (Wildman–Crippen LogP) is 3.60. The van der Waals surface area contributed by atoms with Crippen molar-refractivity contribution in [3.8, 4) is 5.75 Å². The van der Waals surface area contributed by atoms with Crippen LogP contribution < -0.4 is 15.4 Å². The van der Waals surface area contributed by atoms with Gasteiger partial charge in [0, 0.05) is 36.6 Å². The van der Waals surface area contributed by atoms with Gasteiger partial charge in [-0.25, -0.2) is 0 Å². The van der Waals surface area contributed by atoms with Gasteiger partial charge in [0.2, 0.25) is 0 Å². The third-order valence-corrected chi connectivity index (χ3v) is 6.22. The maximum Gasteiger partial charge on any atom is 0.191 e. The number of thiophene rings is 1. The highest BCUT2D eigenvalue weighted by molar-refractivity contribution is 7.09. The van der Waals surface area contributed by atoms with E-state index in [2.05, 4.69) is 47.2 Å². The fourth-order valence-electron chi connectivity index (χ4n) is 3.58. The lowest BCUT2D eigenvalue weighted by Gasteiger charge is -2.36. The zero-order valence-corrected chi connectivity index (χ0v) is 17.7. The van der Waals surface area contributed by atoms with Gasteiger partial charge in [-0.1, -0.05) is 18.2 Å². The van der Waals surface area contributed by atoms with Crippen LogP contribution in [0.25, 0.3) is 0 Å². The highest BCUT2D eigenvalue weighted by Gasteiger charge is 2.34. The average Bonchev–Trinajstić information content (AvgIpc) is 3.26. The van der Waals surface area contributed by atoms with Crippen LogP contribution in [0.5, 0.6) is 5.75 Å². The highest BCUT2D eigenvalue weighted by Crippen LogP contribution is 2.36. The molecule has 1 aliphatic rings. The molecule has 0 spiro atoms. The smallest absolute Gasteiger partial charge is 0.191 e. The van der Waals surface area contributed by atoms with Crippen LogP contribution >= 0.6 is 11.3 Å². The predicted molar refractivity (Wildman–Crippen MR) is 117 cm³/mol. The van der Waals surface area contributed by atoms with E-state index in [0.717, 1.165) is 63.8 Å². The van der Waals surface area contributed by atoms with Gasteiger partial charge in [-0.15, -0.1) is 11.3 Å². The van der Waals surface area contributed by atoms with Gasteiger partial charge in [0.25, 0.3) is 0 Å². The first-order valence-electron chi connectivity index (χ1n) is 10.0. The molecular formula is C22H31N3O2S. The summed E-state index contributed by atoms with van der Waals surface area (Å²) in [7, 11) is 1.70. The van der Waals surface area contributed by atoms with E-state index in [1.54, 1.807) is 18.4 Å². The number of nitrogens with one attached hydrogen (secondary N) is 2. The van der Waals surface area contributed by atoms with E-state index >= 15 is 0 Å². The average molecular weight is 402 g/mol. The molecule has 1 aromatic heterocycles. The van der Waals surface area contributed by atoms with Gasteiger partial charge < -0.3 is 20.1 Å². The van der Waals surface area contributed by atoms with Gasteiger partial charge in [-0.2, -0.15) is 0 Å². The van der Waals surface area contributed by atoms with Gasteiger partial charge in [0.05, 0.1) is 13.7 Å². The molecule has 1 aliphatic heterocycles. The Balaban J connectivity index is 1.69. The molecule has 1 aromatic carbocycles. The molecule has 0 unspecified atom stereocenters. The lowest BCUT2D eigenvalue weighted by atomic mass is 9.74. The summed E-state index contributed by atoms with van der Waals surface area (Å²) in [5.74, 6) is 1.77. The number of nitrogens with zero attached hydrogens (tertiary/aromatic N) is 1. The Morgan fingerprint density at radius 2 is 1.96 bits per heavy atom. The molecule has 0 amide bonds. The molecule has 3 rings (SSSR count). The molecule has 0 aliphatic carbocycles. The zero-order valence-electron chi connectivity index (χ0n) is 16.9. The quantitative estimate of drug-likeness (QED) is 0.524. The Morgan fingerprint density at radius 1 is 1.18 bits per heavy atom. The lowest BCUT2D eigenvalue weighted by Crippen LogP contribution is -2.41. The first-order valence-corrected chi connectivity index (χ1v) is 10.9. The summed E-state index contributed by atoms with van der Waals surface area (Å²) in [6, 6.07) is 12.7. The van der Waals surface area contributed by atoms with E-state index in [-0.39, 0.29) is 5.41 Å². The van der Waals surface area contributed by atoms with E-state index in [1.165, 1.54) is 10.4 Å². The fourth-order valence-corrected chi connectivity index (χ4v) is 4.28. The van der Waals surface area contributed by atoms with Crippen molar-refractivity contribution < 1.29 is 9.47 Å². The van der Waals surface area contributed by atoms with Crippen molar-refractivity contribution in [2.45, 2.75) is 31.6 Å². The lowest BCUT2D eigenvalue weighted by molar-refractivity contribution is 0.0531. The molecule has 5 nitrogen and oxygen atoms in total. The molecular weight excluding hydrogens is 370 g/mol. The van der Waals surface area contributed by atoms with Crippen molar-refractivity contribution in [1.29, 1.82) is 0 Å². The van der Waals surface area contributed by atoms with Crippen LogP contribution in [0.4, 0.5) is 0 Å². The van der Waals surface area contributed by atoms with E-state index < -0.39 is 0 Å². The third-order valence-electron chi connectivity index (χ3n) is 5.28. The van der Waals surface area contributed by atoms with E-state index in [1.807, 2.05) is 12.1 Å². The number of aliphatic imine (C=N–C) groups is 1. The van der Waals surface area contributed by atoms with Crippen LogP contribution in [0.1, 0.15) is 30.2 Å². The van der Waals surface area contributed by atoms with Gasteiger partial charge >= 0.3 is 0 Å². The highest BCUT2D eigenvalue weighted by atomic mass is 32.1. The first-order chi connectivity index (χ1) is 13.8. The molecule has 28 heavy (non-hydrogen) atoms. The summed E-state index contributed by atoms with van der Waals surface area (Å²) in [5, 5.41) is 8.98. The molecule has 0 bridgehead atoms. The minimum absolute atomic E-state index is 0.0145. The van der Waals surface area contributed by atoms with E-state index in [4.69, 9.17) is 14.5 Å². The molecule has 1 saturated heterocycles. The zero-order chi connectivity index (χ0) is 19.7. The minimum Gasteiger partial charge on any atom is -0.497 e. The molecule has 6 heteroatoms. The van der Waals surface area contributed by atoms with E-state index in [0.29, 0.717) is 0 Å². The molecule has 0 radical (unpaired) electrons. The third kappa shape index (κ3) is 5.49. The number of hydrogen-bond acceptors (Lipinski definition) is 4. The summed E-state index contributed by atoms with van der Waals surface area (Å²) in [6.07, 6.45) is 2.98. The molecule has 0 saturated carbocycles. The molecule has 2 aromatic rings. The van der Waals surface area contributed by atoms with Gasteiger partial charge in [0.1, 0.15) is 5.75 Å². The summed E-state index contributed by atoms with van der Waals surface area (Å²) in [6.45, 7) is 6.14. The standard InChI is InChI=1S/C22H31N3O2S/c1-3-23-21(24-13-10-20-5-4-16-28-20)25-17-22(11-14-27-15-12-22)18-6-8-19(26-2)9-7-18/h4-9,16H,3,10-15,17H2,1-2H3,(H2,23,24,25). The maximum atomic E-state index is 5.65. The number of benzene rings is 1. The fraction of sp³-hybridized carbons (Fsp3) is 0.500. The monoisotopic (exact) mass is 401 g/mol. The Morgan fingerprint density at radius 3 is 2.61 bits per heavy atom. The summed E-state index contributed by atoms with van der Waals surface area (Å²) >= 11 is 1.80. The van der Waals surface area contributed by atoms with Crippen molar-refractivity contribution in [3.63, 3.8) is 0 Å². The number of guanidine groups is 1. The molecule has 2 N–H and O–H groups in total. The number of hydrogen-bond donors (Lipinski definition) is 2. The van der Waals surface area contributed by atoms with Crippen LogP contribution in [-0.4, -0.2) is 45.9 Å². The van der Waals surface area contributed by atoms with Crippen molar-refractivity contribution in [1.82, 2.24) is 10.6 Å². The Kier molecular flexibility index (Phi) is 7.74. The van der Waals surface area contributed by atoms with Crippen molar-refractivity contribution >= 4 is 17.3 Å². The molecule has 2 heterocycles. The van der Waals surface area contributed by atoms with Crippen molar-refractivity contribution in [3.05, 3.63) is 52.2 Å². The van der Waals surface area contributed by atoms with Crippen LogP contribution in [0.3, 0.4) is 0 Å². The second-order valence-electron chi connectivity index (χ2n) is 7.07. The second-order valence-corrected chi connectivity index (χ2v) is 8.10. The summed E-state index contributed by atoms with van der Waals surface area (Å²) in [5.41, 5.74) is 1.33. The molecule has 1 fully saturated rings. The van der Waals surface area contributed by atoms with Crippen molar-refractivity contribution in [2.75, 3.05) is 40.0 Å². The number of rotatable bonds is 8. The van der Waals surface area contributed by atoms with Crippen LogP contribution in [0.15, 0.2) is 46.8 Å². The van der Waals surface area contributed by atoms with Gasteiger partial charge in [-0.3, -0.25) is 4.99 Å². The van der Waals surface area contributed by atoms with Crippen LogP contribution in [-0.2, 0) is 16.6 Å². The normalized spacial score (nSPS) is 16.6. The summed E-state index contributed by atoms with van der Waals surface area (Å²) in [4.78, 5) is 6.35. The Bertz CT molecular complexity index is 723.